The topological polar surface area (TPSA) is 55.4 Å². The summed E-state index contributed by atoms with van der Waals surface area (Å²) in [4.78, 5) is 0. The second kappa shape index (κ2) is 17.1. The third kappa shape index (κ3) is 12.1. The molecule has 0 aliphatic heterocycles. The minimum atomic E-state index is 0.472. The molecular formula is C20H34O6. The van der Waals surface area contributed by atoms with Crippen molar-refractivity contribution in [1.82, 2.24) is 0 Å². The lowest BCUT2D eigenvalue weighted by atomic mass is 10.3. The fourth-order valence-electron chi connectivity index (χ4n) is 2.04. The van der Waals surface area contributed by atoms with Gasteiger partial charge in [-0.05, 0) is 25.0 Å². The number of para-hydroxylation sites is 2. The largest absolute Gasteiger partial charge is 0.487 e. The van der Waals surface area contributed by atoms with E-state index in [0.29, 0.717) is 64.4 Å². The minimum Gasteiger partial charge on any atom is -0.487 e. The Bertz CT molecular complexity index is 388. The highest BCUT2D eigenvalue weighted by Gasteiger charge is 2.04. The molecule has 0 aromatic heterocycles. The monoisotopic (exact) mass is 370 g/mol. The zero-order valence-electron chi connectivity index (χ0n) is 16.2. The van der Waals surface area contributed by atoms with Gasteiger partial charge in [0.2, 0.25) is 0 Å². The molecule has 0 amide bonds. The molecule has 26 heavy (non-hydrogen) atoms. The van der Waals surface area contributed by atoms with Gasteiger partial charge in [-0.15, -0.1) is 0 Å². The molecule has 1 aromatic rings. The lowest BCUT2D eigenvalue weighted by molar-refractivity contribution is 0.0333. The van der Waals surface area contributed by atoms with Gasteiger partial charge in [-0.25, -0.2) is 0 Å². The van der Waals surface area contributed by atoms with Crippen LogP contribution in [0, 0.1) is 0 Å². The van der Waals surface area contributed by atoms with Crippen molar-refractivity contribution in [3.05, 3.63) is 24.3 Å². The van der Waals surface area contributed by atoms with E-state index in [0.717, 1.165) is 26.1 Å². The van der Waals surface area contributed by atoms with Gasteiger partial charge in [0.25, 0.3) is 0 Å². The SMILES string of the molecule is CCCOCCOCCOc1ccccc1OCCOCCOCCC. The van der Waals surface area contributed by atoms with E-state index in [4.69, 9.17) is 28.4 Å². The zero-order valence-corrected chi connectivity index (χ0v) is 16.2. The highest BCUT2D eigenvalue weighted by Crippen LogP contribution is 2.26. The Kier molecular flexibility index (Phi) is 14.9. The molecule has 0 heterocycles. The molecule has 0 aliphatic carbocycles. The molecule has 6 nitrogen and oxygen atoms in total. The van der Waals surface area contributed by atoms with E-state index >= 15 is 0 Å². The molecule has 0 unspecified atom stereocenters. The molecule has 0 saturated heterocycles. The van der Waals surface area contributed by atoms with E-state index < -0.39 is 0 Å². The molecule has 0 aliphatic rings. The summed E-state index contributed by atoms with van der Waals surface area (Å²) in [5.74, 6) is 1.43. The van der Waals surface area contributed by atoms with Crippen molar-refractivity contribution >= 4 is 0 Å². The third-order valence-electron chi connectivity index (χ3n) is 3.26. The second-order valence-corrected chi connectivity index (χ2v) is 5.59. The summed E-state index contributed by atoms with van der Waals surface area (Å²) < 4.78 is 33.1. The number of hydrogen-bond acceptors (Lipinski definition) is 6. The van der Waals surface area contributed by atoms with Crippen LogP contribution in [0.15, 0.2) is 24.3 Å². The van der Waals surface area contributed by atoms with Crippen LogP contribution >= 0.6 is 0 Å². The van der Waals surface area contributed by atoms with Gasteiger partial charge < -0.3 is 28.4 Å². The first-order valence-electron chi connectivity index (χ1n) is 9.54. The Balaban J connectivity index is 2.10. The summed E-state index contributed by atoms with van der Waals surface area (Å²) in [6.07, 6.45) is 2.05. The van der Waals surface area contributed by atoms with E-state index in [1.54, 1.807) is 0 Å². The first-order valence-corrected chi connectivity index (χ1v) is 9.54. The molecule has 0 N–H and O–H groups in total. The molecular weight excluding hydrogens is 336 g/mol. The van der Waals surface area contributed by atoms with Crippen molar-refractivity contribution in [2.75, 3.05) is 66.1 Å². The maximum atomic E-state index is 5.74. The summed E-state index contributed by atoms with van der Waals surface area (Å²) in [7, 11) is 0. The molecule has 1 rings (SSSR count). The predicted molar refractivity (Wildman–Crippen MR) is 101 cm³/mol. The van der Waals surface area contributed by atoms with Gasteiger partial charge in [-0.2, -0.15) is 0 Å². The summed E-state index contributed by atoms with van der Waals surface area (Å²) in [6.45, 7) is 10.1. The van der Waals surface area contributed by atoms with Crippen LogP contribution in [-0.2, 0) is 18.9 Å². The fourth-order valence-corrected chi connectivity index (χ4v) is 2.04. The van der Waals surface area contributed by atoms with Gasteiger partial charge in [-0.1, -0.05) is 26.0 Å². The summed E-state index contributed by atoms with van der Waals surface area (Å²) in [5.41, 5.74) is 0. The van der Waals surface area contributed by atoms with Gasteiger partial charge in [0.1, 0.15) is 13.2 Å². The zero-order chi connectivity index (χ0) is 18.7. The molecule has 1 aromatic carbocycles. The smallest absolute Gasteiger partial charge is 0.161 e. The molecule has 150 valence electrons. The molecule has 0 bridgehead atoms. The first kappa shape index (κ1) is 22.7. The van der Waals surface area contributed by atoms with Crippen LogP contribution in [0.4, 0.5) is 0 Å². The minimum absolute atomic E-state index is 0.472. The standard InChI is InChI=1S/C20H34O6/c1-3-9-21-11-13-23-15-17-25-19-7-5-6-8-20(19)26-18-16-24-14-12-22-10-4-2/h5-8H,3-4,9-18H2,1-2H3. The van der Waals surface area contributed by atoms with E-state index in [-0.39, 0.29) is 0 Å². The Morgan fingerprint density at radius 2 is 0.846 bits per heavy atom. The van der Waals surface area contributed by atoms with E-state index in [1.807, 2.05) is 24.3 Å². The van der Waals surface area contributed by atoms with Crippen LogP contribution in [0.3, 0.4) is 0 Å². The highest BCUT2D eigenvalue weighted by molar-refractivity contribution is 5.39. The molecule has 0 saturated carbocycles. The van der Waals surface area contributed by atoms with Gasteiger partial charge >= 0.3 is 0 Å². The summed E-state index contributed by atoms with van der Waals surface area (Å²) in [5, 5.41) is 0. The van der Waals surface area contributed by atoms with Crippen LogP contribution in [0.25, 0.3) is 0 Å². The summed E-state index contributed by atoms with van der Waals surface area (Å²) >= 11 is 0. The number of ether oxygens (including phenoxy) is 6. The average molecular weight is 370 g/mol. The van der Waals surface area contributed by atoms with Crippen LogP contribution in [0.2, 0.25) is 0 Å². The number of rotatable bonds is 18. The van der Waals surface area contributed by atoms with Crippen LogP contribution < -0.4 is 9.47 Å². The number of benzene rings is 1. The quantitative estimate of drug-likeness (QED) is 0.370. The van der Waals surface area contributed by atoms with Gasteiger partial charge in [-0.3, -0.25) is 0 Å². The molecule has 0 radical (unpaired) electrons. The fraction of sp³-hybridized carbons (Fsp3) is 0.700. The van der Waals surface area contributed by atoms with Crippen LogP contribution in [0.1, 0.15) is 26.7 Å². The maximum Gasteiger partial charge on any atom is 0.161 e. The number of hydrogen-bond donors (Lipinski definition) is 0. The van der Waals surface area contributed by atoms with Crippen LogP contribution in [0.5, 0.6) is 11.5 Å². The van der Waals surface area contributed by atoms with Gasteiger partial charge in [0.05, 0.1) is 39.6 Å². The van der Waals surface area contributed by atoms with Crippen molar-refractivity contribution < 1.29 is 28.4 Å². The van der Waals surface area contributed by atoms with Crippen molar-refractivity contribution in [1.29, 1.82) is 0 Å². The van der Waals surface area contributed by atoms with Crippen molar-refractivity contribution in [3.63, 3.8) is 0 Å². The highest BCUT2D eigenvalue weighted by atomic mass is 16.6. The molecule has 0 fully saturated rings. The molecule has 0 atom stereocenters. The van der Waals surface area contributed by atoms with Crippen molar-refractivity contribution in [2.45, 2.75) is 26.7 Å². The normalized spacial score (nSPS) is 10.8. The first-order chi connectivity index (χ1) is 12.9. The second-order valence-electron chi connectivity index (χ2n) is 5.59. The maximum absolute atomic E-state index is 5.74. The van der Waals surface area contributed by atoms with Crippen molar-refractivity contribution in [2.24, 2.45) is 0 Å². The predicted octanol–water partition coefficient (Wildman–Crippen LogP) is 3.33. The lowest BCUT2D eigenvalue weighted by Gasteiger charge is -2.13. The lowest BCUT2D eigenvalue weighted by Crippen LogP contribution is -2.13. The Morgan fingerprint density at radius 3 is 1.23 bits per heavy atom. The Hall–Kier alpha value is -1.34. The molecule has 6 heteroatoms. The molecule has 0 spiro atoms. The van der Waals surface area contributed by atoms with E-state index in [2.05, 4.69) is 13.8 Å². The third-order valence-corrected chi connectivity index (χ3v) is 3.26. The van der Waals surface area contributed by atoms with Gasteiger partial charge in [0, 0.05) is 13.2 Å². The average Bonchev–Trinajstić information content (AvgIpc) is 2.67. The Morgan fingerprint density at radius 1 is 0.500 bits per heavy atom. The van der Waals surface area contributed by atoms with Gasteiger partial charge in [0.15, 0.2) is 11.5 Å². The van der Waals surface area contributed by atoms with Crippen LogP contribution in [-0.4, -0.2) is 66.1 Å². The summed E-state index contributed by atoms with van der Waals surface area (Å²) in [6, 6.07) is 7.62. The van der Waals surface area contributed by atoms with E-state index in [9.17, 15) is 0 Å². The Labute approximate surface area is 157 Å². The van der Waals surface area contributed by atoms with E-state index in [1.165, 1.54) is 0 Å². The van der Waals surface area contributed by atoms with Crippen molar-refractivity contribution in [3.8, 4) is 11.5 Å².